The first-order chi connectivity index (χ1) is 17.0. The molecule has 0 bridgehead atoms. The molecule has 2 aromatic carbocycles. The van der Waals surface area contributed by atoms with Gasteiger partial charge in [0.2, 0.25) is 5.91 Å². The summed E-state index contributed by atoms with van der Waals surface area (Å²) in [6.45, 7) is 4.58. The number of benzene rings is 2. The number of carbonyl (C=O) groups is 3. The first-order valence-corrected chi connectivity index (χ1v) is 11.9. The average Bonchev–Trinajstić information content (AvgIpc) is 2.84. The Kier molecular flexibility index (Phi) is 8.34. The molecule has 5 N–H and O–H groups in total. The Morgan fingerprint density at radius 3 is 2.14 bits per heavy atom. The number of hydrogen-bond acceptors (Lipinski definition) is 5. The number of piperidine rings is 1. The Hall–Kier alpha value is -3.88. The van der Waals surface area contributed by atoms with E-state index in [4.69, 9.17) is 21.0 Å². The molecule has 2 aromatic rings. The lowest BCUT2D eigenvalue weighted by Gasteiger charge is -2.40. The van der Waals surface area contributed by atoms with Gasteiger partial charge in [-0.05, 0) is 62.4 Å². The molecule has 0 radical (unpaired) electrons. The van der Waals surface area contributed by atoms with E-state index in [0.717, 1.165) is 5.56 Å². The minimum Gasteiger partial charge on any atom is -0.497 e. The molecule has 0 spiro atoms. The highest BCUT2D eigenvalue weighted by atomic mass is 16.5. The van der Waals surface area contributed by atoms with E-state index in [-0.39, 0.29) is 30.0 Å². The molecule has 1 atom stereocenters. The van der Waals surface area contributed by atoms with Crippen LogP contribution >= 0.6 is 0 Å². The van der Waals surface area contributed by atoms with Crippen LogP contribution in [-0.4, -0.2) is 59.4 Å². The number of likely N-dealkylation sites (tertiary alicyclic amines) is 1. The third-order valence-corrected chi connectivity index (χ3v) is 6.70. The normalized spacial score (nSPS) is 15.1. The van der Waals surface area contributed by atoms with E-state index in [1.807, 2.05) is 26.0 Å². The molecule has 3 rings (SSSR count). The van der Waals surface area contributed by atoms with Gasteiger partial charge >= 0.3 is 5.97 Å². The molecular formula is C27H34N4O5. The predicted molar refractivity (Wildman–Crippen MR) is 136 cm³/mol. The summed E-state index contributed by atoms with van der Waals surface area (Å²) in [6.07, 6.45) is 1.36. The van der Waals surface area contributed by atoms with Gasteiger partial charge in [-0.3, -0.25) is 19.8 Å². The fourth-order valence-electron chi connectivity index (χ4n) is 4.69. The zero-order valence-corrected chi connectivity index (χ0v) is 20.9. The summed E-state index contributed by atoms with van der Waals surface area (Å²) >= 11 is 0. The molecule has 1 aliphatic rings. The maximum absolute atomic E-state index is 13.9. The smallest absolute Gasteiger partial charge is 0.303 e. The van der Waals surface area contributed by atoms with Crippen molar-refractivity contribution in [2.24, 2.45) is 11.7 Å². The van der Waals surface area contributed by atoms with E-state index >= 15 is 0 Å². The van der Waals surface area contributed by atoms with Gasteiger partial charge in [-0.25, -0.2) is 0 Å². The molecule has 36 heavy (non-hydrogen) atoms. The Balaban J connectivity index is 1.85. The van der Waals surface area contributed by atoms with Crippen molar-refractivity contribution in [3.63, 3.8) is 0 Å². The lowest BCUT2D eigenvalue weighted by atomic mass is 9.79. The van der Waals surface area contributed by atoms with Crippen molar-refractivity contribution in [3.05, 3.63) is 65.2 Å². The van der Waals surface area contributed by atoms with Gasteiger partial charge in [0.05, 0.1) is 18.6 Å². The van der Waals surface area contributed by atoms with E-state index in [0.29, 0.717) is 42.8 Å². The number of amides is 2. The average molecular weight is 495 g/mol. The summed E-state index contributed by atoms with van der Waals surface area (Å²) < 4.78 is 5.27. The number of hydrogen-bond donors (Lipinski definition) is 4. The zero-order valence-electron chi connectivity index (χ0n) is 20.9. The van der Waals surface area contributed by atoms with Crippen LogP contribution in [-0.2, 0) is 9.59 Å². The van der Waals surface area contributed by atoms with E-state index in [1.165, 1.54) is 0 Å². The SMILES string of the molecule is COc1ccc(C(C(=O)N2CCC(CC(=O)O)CC2)C(C)(C)NC(=O)c2ccc(C(=N)N)cc2)cc1. The molecular weight excluding hydrogens is 460 g/mol. The number of carboxylic acid groups (broad SMARTS) is 1. The number of nitrogens with zero attached hydrogens (tertiary/aromatic N) is 1. The van der Waals surface area contributed by atoms with Gasteiger partial charge < -0.3 is 25.8 Å². The van der Waals surface area contributed by atoms with Crippen molar-refractivity contribution >= 4 is 23.6 Å². The van der Waals surface area contributed by atoms with Crippen molar-refractivity contribution in [1.82, 2.24) is 10.2 Å². The summed E-state index contributed by atoms with van der Waals surface area (Å²) in [4.78, 5) is 39.8. The Labute approximate surface area is 211 Å². The molecule has 192 valence electrons. The molecule has 1 aliphatic heterocycles. The van der Waals surface area contributed by atoms with E-state index in [2.05, 4.69) is 5.32 Å². The lowest BCUT2D eigenvalue weighted by molar-refractivity contribution is -0.139. The monoisotopic (exact) mass is 494 g/mol. The number of aliphatic carboxylic acids is 1. The fraction of sp³-hybridized carbons (Fsp3) is 0.407. The number of ether oxygens (including phenoxy) is 1. The van der Waals surface area contributed by atoms with Crippen molar-refractivity contribution < 1.29 is 24.2 Å². The van der Waals surface area contributed by atoms with Crippen LogP contribution in [0.15, 0.2) is 48.5 Å². The number of nitrogens with one attached hydrogen (secondary N) is 2. The quantitative estimate of drug-likeness (QED) is 0.311. The second-order valence-corrected chi connectivity index (χ2v) is 9.74. The molecule has 1 fully saturated rings. The maximum Gasteiger partial charge on any atom is 0.303 e. The van der Waals surface area contributed by atoms with Gasteiger partial charge in [-0.15, -0.1) is 0 Å². The third-order valence-electron chi connectivity index (χ3n) is 6.70. The minimum atomic E-state index is -0.958. The number of nitrogens with two attached hydrogens (primary N) is 1. The third kappa shape index (κ3) is 6.41. The second-order valence-electron chi connectivity index (χ2n) is 9.74. The van der Waals surface area contributed by atoms with Gasteiger partial charge in [0.15, 0.2) is 0 Å². The van der Waals surface area contributed by atoms with Crippen LogP contribution < -0.4 is 15.8 Å². The van der Waals surface area contributed by atoms with Crippen molar-refractivity contribution in [3.8, 4) is 5.75 Å². The van der Waals surface area contributed by atoms with Crippen LogP contribution in [0, 0.1) is 11.3 Å². The first kappa shape index (κ1) is 26.7. The van der Waals surface area contributed by atoms with Crippen LogP contribution in [0.4, 0.5) is 0 Å². The fourth-order valence-corrected chi connectivity index (χ4v) is 4.69. The van der Waals surface area contributed by atoms with Crippen LogP contribution in [0.25, 0.3) is 0 Å². The van der Waals surface area contributed by atoms with E-state index in [9.17, 15) is 14.4 Å². The molecule has 1 unspecified atom stereocenters. The zero-order chi connectivity index (χ0) is 26.5. The highest BCUT2D eigenvalue weighted by Crippen LogP contribution is 2.33. The summed E-state index contributed by atoms with van der Waals surface area (Å²) in [6, 6.07) is 13.6. The number of methoxy groups -OCH3 is 1. The summed E-state index contributed by atoms with van der Waals surface area (Å²) in [7, 11) is 1.57. The number of carbonyl (C=O) groups excluding carboxylic acids is 2. The van der Waals surface area contributed by atoms with Gasteiger partial charge in [-0.2, -0.15) is 0 Å². The molecule has 0 saturated carbocycles. The van der Waals surface area contributed by atoms with Crippen LogP contribution in [0.5, 0.6) is 5.75 Å². The number of rotatable bonds is 9. The van der Waals surface area contributed by atoms with Gasteiger partial charge in [0.25, 0.3) is 5.91 Å². The van der Waals surface area contributed by atoms with Gasteiger partial charge in [-0.1, -0.05) is 24.3 Å². The maximum atomic E-state index is 13.9. The summed E-state index contributed by atoms with van der Waals surface area (Å²) in [5.74, 6) is -1.34. The predicted octanol–water partition coefficient (Wildman–Crippen LogP) is 2.98. The molecule has 0 aromatic heterocycles. The highest BCUT2D eigenvalue weighted by molar-refractivity contribution is 5.99. The van der Waals surface area contributed by atoms with Crippen molar-refractivity contribution in [1.29, 1.82) is 5.41 Å². The largest absolute Gasteiger partial charge is 0.497 e. The first-order valence-electron chi connectivity index (χ1n) is 11.9. The number of amidine groups is 1. The standard InChI is InChI=1S/C27H34N4O5/c1-27(2,30-25(34)20-6-4-19(5-7-20)24(28)29)23(18-8-10-21(36-3)11-9-18)26(35)31-14-12-17(13-15-31)16-22(32)33/h4-11,17,23H,12-16H2,1-3H3,(H3,28,29)(H,30,34)(H,32,33). The molecule has 1 heterocycles. The molecule has 0 aliphatic carbocycles. The minimum absolute atomic E-state index is 0.0525. The van der Waals surface area contributed by atoms with E-state index in [1.54, 1.807) is 48.4 Å². The van der Waals surface area contributed by atoms with Crippen LogP contribution in [0.3, 0.4) is 0 Å². The molecule has 2 amide bonds. The van der Waals surface area contributed by atoms with Crippen molar-refractivity contribution in [2.45, 2.75) is 44.6 Å². The van der Waals surface area contributed by atoms with Gasteiger partial charge in [0.1, 0.15) is 11.6 Å². The molecule has 9 nitrogen and oxygen atoms in total. The van der Waals surface area contributed by atoms with E-state index < -0.39 is 17.4 Å². The topological polar surface area (TPSA) is 146 Å². The summed E-state index contributed by atoms with van der Waals surface area (Å²) in [5, 5.41) is 19.6. The lowest BCUT2D eigenvalue weighted by Crippen LogP contribution is -2.54. The highest BCUT2D eigenvalue weighted by Gasteiger charge is 2.41. The van der Waals surface area contributed by atoms with Crippen molar-refractivity contribution in [2.75, 3.05) is 20.2 Å². The molecule has 9 heteroatoms. The van der Waals surface area contributed by atoms with Crippen LogP contribution in [0.1, 0.15) is 60.5 Å². The van der Waals surface area contributed by atoms with Gasteiger partial charge in [0, 0.05) is 30.6 Å². The van der Waals surface area contributed by atoms with Crippen LogP contribution in [0.2, 0.25) is 0 Å². The molecule has 1 saturated heterocycles. The summed E-state index contributed by atoms with van der Waals surface area (Å²) in [5.41, 5.74) is 6.20. The Bertz CT molecular complexity index is 1100. The Morgan fingerprint density at radius 1 is 1.08 bits per heavy atom. The number of carboxylic acids is 1. The number of nitrogen functional groups attached to an aromatic ring is 1. The Morgan fingerprint density at radius 2 is 1.64 bits per heavy atom. The second kappa shape index (κ2) is 11.2.